The highest BCUT2D eigenvalue weighted by Gasteiger charge is 2.59. The molecule has 2 bridgehead atoms. The summed E-state index contributed by atoms with van der Waals surface area (Å²) in [7, 11) is 0. The van der Waals surface area contributed by atoms with Gasteiger partial charge in [0.1, 0.15) is 6.54 Å². The molecule has 3 fully saturated rings. The van der Waals surface area contributed by atoms with E-state index in [2.05, 4.69) is 41.3 Å². The second kappa shape index (κ2) is 7.84. The number of carbonyl (C=O) groups excluding carboxylic acids is 3. The number of hydrogen-bond acceptors (Lipinski definition) is 4. The minimum atomic E-state index is -0.228. The van der Waals surface area contributed by atoms with Crippen LogP contribution in [-0.4, -0.2) is 71.7 Å². The Bertz CT molecular complexity index is 872. The molecular formula is C24H27N3O3. The molecule has 4 unspecified atom stereocenters. The van der Waals surface area contributed by atoms with Crippen molar-refractivity contribution in [2.24, 2.45) is 23.7 Å². The first-order valence-electron chi connectivity index (χ1n) is 10.9. The molecule has 6 heteroatoms. The average Bonchev–Trinajstić information content (AvgIpc) is 3.45. The third-order valence-electron chi connectivity index (χ3n) is 7.05. The number of rotatable bonds is 5. The first-order chi connectivity index (χ1) is 14.6. The lowest BCUT2D eigenvalue weighted by Crippen LogP contribution is -2.52. The number of fused-ring (bicyclic) bond motifs is 5. The Kier molecular flexibility index (Phi) is 5.03. The van der Waals surface area contributed by atoms with Crippen molar-refractivity contribution in [3.63, 3.8) is 0 Å². The van der Waals surface area contributed by atoms with Gasteiger partial charge in [-0.3, -0.25) is 24.2 Å². The first kappa shape index (κ1) is 19.2. The maximum absolute atomic E-state index is 12.8. The van der Waals surface area contributed by atoms with Crippen LogP contribution in [0.25, 0.3) is 6.08 Å². The summed E-state index contributed by atoms with van der Waals surface area (Å²) in [5.41, 5.74) is 1.18. The Morgan fingerprint density at radius 3 is 2.20 bits per heavy atom. The minimum absolute atomic E-state index is 0.0992. The van der Waals surface area contributed by atoms with Gasteiger partial charge in [0.2, 0.25) is 17.7 Å². The standard InChI is InChI=1S/C24H27N3O3/c28-20(16-27-23(29)21-18-8-9-19(15-18)22(21)24(27)30)26-13-11-25(12-14-26)10-4-7-17-5-2-1-3-6-17/h1-9,18-19,21-22H,10-16H2/b7-4+. The number of carbonyl (C=O) groups is 3. The average molecular weight is 405 g/mol. The number of piperazine rings is 1. The van der Waals surface area contributed by atoms with Crippen LogP contribution in [0.3, 0.4) is 0 Å². The van der Waals surface area contributed by atoms with Crippen molar-refractivity contribution >= 4 is 23.8 Å². The normalized spacial score (nSPS) is 30.7. The van der Waals surface area contributed by atoms with Gasteiger partial charge in [-0.15, -0.1) is 0 Å². The molecule has 2 saturated heterocycles. The Balaban J connectivity index is 1.11. The second-order valence-corrected chi connectivity index (χ2v) is 8.76. The van der Waals surface area contributed by atoms with Crippen molar-refractivity contribution in [1.29, 1.82) is 0 Å². The van der Waals surface area contributed by atoms with Crippen LogP contribution in [0.4, 0.5) is 0 Å². The molecule has 1 saturated carbocycles. The summed E-state index contributed by atoms with van der Waals surface area (Å²) < 4.78 is 0. The summed E-state index contributed by atoms with van der Waals surface area (Å²) in [6.45, 7) is 3.61. The van der Waals surface area contributed by atoms with Gasteiger partial charge in [-0.05, 0) is 23.8 Å². The highest BCUT2D eigenvalue weighted by atomic mass is 16.2. The Labute approximate surface area is 176 Å². The van der Waals surface area contributed by atoms with Crippen molar-refractivity contribution in [2.45, 2.75) is 6.42 Å². The number of imide groups is 1. The van der Waals surface area contributed by atoms with Crippen LogP contribution in [0.1, 0.15) is 12.0 Å². The molecule has 1 aromatic carbocycles. The molecule has 2 aliphatic carbocycles. The van der Waals surface area contributed by atoms with Gasteiger partial charge in [0, 0.05) is 32.7 Å². The van der Waals surface area contributed by atoms with Crippen molar-refractivity contribution < 1.29 is 14.4 Å². The van der Waals surface area contributed by atoms with Crippen LogP contribution in [0, 0.1) is 23.7 Å². The maximum atomic E-state index is 12.8. The van der Waals surface area contributed by atoms with Gasteiger partial charge in [-0.2, -0.15) is 0 Å². The molecule has 156 valence electrons. The largest absolute Gasteiger partial charge is 0.339 e. The zero-order valence-electron chi connectivity index (χ0n) is 17.0. The van der Waals surface area contributed by atoms with E-state index >= 15 is 0 Å². The minimum Gasteiger partial charge on any atom is -0.339 e. The van der Waals surface area contributed by atoms with Gasteiger partial charge in [0.25, 0.3) is 0 Å². The lowest BCUT2D eigenvalue weighted by Gasteiger charge is -2.34. The van der Waals surface area contributed by atoms with Gasteiger partial charge in [0.15, 0.2) is 0 Å². The van der Waals surface area contributed by atoms with Gasteiger partial charge >= 0.3 is 0 Å². The Hall–Kier alpha value is -2.73. The molecule has 30 heavy (non-hydrogen) atoms. The number of likely N-dealkylation sites (tertiary alicyclic amines) is 1. The quantitative estimate of drug-likeness (QED) is 0.552. The molecule has 3 amide bonds. The van der Waals surface area contributed by atoms with E-state index in [4.69, 9.17) is 0 Å². The molecule has 1 aromatic rings. The summed E-state index contributed by atoms with van der Waals surface area (Å²) in [6.07, 6.45) is 9.33. The number of amides is 3. The predicted octanol–water partition coefficient (Wildman–Crippen LogP) is 1.65. The van der Waals surface area contributed by atoms with E-state index in [0.29, 0.717) is 13.1 Å². The maximum Gasteiger partial charge on any atom is 0.242 e. The fourth-order valence-electron chi connectivity index (χ4n) is 5.44. The van der Waals surface area contributed by atoms with Crippen LogP contribution in [0.2, 0.25) is 0 Å². The van der Waals surface area contributed by atoms with Gasteiger partial charge in [0.05, 0.1) is 11.8 Å². The predicted molar refractivity (Wildman–Crippen MR) is 113 cm³/mol. The highest BCUT2D eigenvalue weighted by molar-refractivity contribution is 6.08. The van der Waals surface area contributed by atoms with Crippen LogP contribution < -0.4 is 0 Å². The third-order valence-corrected chi connectivity index (χ3v) is 7.05. The number of allylic oxidation sites excluding steroid dienone is 2. The SMILES string of the molecule is O=C(CN1C(=O)C2C3C=CC(C3)C2C1=O)N1CCN(C/C=C/c2ccccc2)CC1. The van der Waals surface area contributed by atoms with Gasteiger partial charge in [-0.1, -0.05) is 54.6 Å². The molecule has 5 rings (SSSR count). The summed E-state index contributed by atoms with van der Waals surface area (Å²) in [5, 5.41) is 0. The lowest BCUT2D eigenvalue weighted by atomic mass is 9.85. The van der Waals surface area contributed by atoms with Crippen molar-refractivity contribution in [1.82, 2.24) is 14.7 Å². The smallest absolute Gasteiger partial charge is 0.242 e. The van der Waals surface area contributed by atoms with Gasteiger partial charge < -0.3 is 4.90 Å². The lowest BCUT2D eigenvalue weighted by molar-refractivity contribution is -0.147. The van der Waals surface area contributed by atoms with E-state index in [1.807, 2.05) is 18.2 Å². The fraction of sp³-hybridized carbons (Fsp3) is 0.458. The van der Waals surface area contributed by atoms with E-state index in [1.54, 1.807) is 4.90 Å². The number of nitrogens with zero attached hydrogens (tertiary/aromatic N) is 3. The fourth-order valence-corrected chi connectivity index (χ4v) is 5.44. The first-order valence-corrected chi connectivity index (χ1v) is 10.9. The topological polar surface area (TPSA) is 60.9 Å². The van der Waals surface area contributed by atoms with Gasteiger partial charge in [-0.25, -0.2) is 0 Å². The molecule has 4 aliphatic rings. The van der Waals surface area contributed by atoms with E-state index < -0.39 is 0 Å². The second-order valence-electron chi connectivity index (χ2n) is 8.76. The molecule has 6 nitrogen and oxygen atoms in total. The number of hydrogen-bond donors (Lipinski definition) is 0. The molecule has 4 atom stereocenters. The molecular weight excluding hydrogens is 378 g/mol. The van der Waals surface area contributed by atoms with E-state index in [-0.39, 0.29) is 47.9 Å². The molecule has 0 aromatic heterocycles. The van der Waals surface area contributed by atoms with Crippen molar-refractivity contribution in [3.8, 4) is 0 Å². The van der Waals surface area contributed by atoms with E-state index in [9.17, 15) is 14.4 Å². The Morgan fingerprint density at radius 2 is 1.57 bits per heavy atom. The van der Waals surface area contributed by atoms with Crippen molar-refractivity contribution in [3.05, 3.63) is 54.1 Å². The molecule has 0 N–H and O–H groups in total. The van der Waals surface area contributed by atoms with Crippen LogP contribution in [0.5, 0.6) is 0 Å². The summed E-state index contributed by atoms with van der Waals surface area (Å²) in [5.74, 6) is -0.480. The van der Waals surface area contributed by atoms with Crippen LogP contribution in [0.15, 0.2) is 48.6 Å². The van der Waals surface area contributed by atoms with Crippen LogP contribution in [-0.2, 0) is 14.4 Å². The summed E-state index contributed by atoms with van der Waals surface area (Å²) in [6, 6.07) is 10.2. The zero-order chi connectivity index (χ0) is 20.7. The molecule has 2 heterocycles. The summed E-state index contributed by atoms with van der Waals surface area (Å²) in [4.78, 5) is 43.7. The van der Waals surface area contributed by atoms with E-state index in [1.165, 1.54) is 10.5 Å². The highest BCUT2D eigenvalue weighted by Crippen LogP contribution is 2.52. The van der Waals surface area contributed by atoms with Crippen LogP contribution >= 0.6 is 0 Å². The molecule has 0 spiro atoms. The molecule has 2 aliphatic heterocycles. The third kappa shape index (κ3) is 3.39. The van der Waals surface area contributed by atoms with Crippen molar-refractivity contribution in [2.75, 3.05) is 39.3 Å². The summed E-state index contributed by atoms with van der Waals surface area (Å²) >= 11 is 0. The number of benzene rings is 1. The Morgan fingerprint density at radius 1 is 0.933 bits per heavy atom. The van der Waals surface area contributed by atoms with E-state index in [0.717, 1.165) is 26.1 Å². The molecule has 0 radical (unpaired) electrons. The zero-order valence-corrected chi connectivity index (χ0v) is 17.0. The monoisotopic (exact) mass is 405 g/mol.